The van der Waals surface area contributed by atoms with Gasteiger partial charge in [-0.2, -0.15) is 0 Å². The molecule has 2 rings (SSSR count). The second-order valence-corrected chi connectivity index (χ2v) is 6.42. The van der Waals surface area contributed by atoms with Gasteiger partial charge in [-0.05, 0) is 36.0 Å². The number of alkyl halides is 1. The van der Waals surface area contributed by atoms with E-state index in [4.69, 9.17) is 11.6 Å². The van der Waals surface area contributed by atoms with Gasteiger partial charge in [0.1, 0.15) is 0 Å². The maximum atomic E-state index is 12.0. The third-order valence-electron chi connectivity index (χ3n) is 3.89. The average molecular weight is 345 g/mol. The summed E-state index contributed by atoms with van der Waals surface area (Å²) in [4.78, 5) is 12.0. The van der Waals surface area contributed by atoms with Crippen LogP contribution in [0.3, 0.4) is 0 Å². The third-order valence-corrected chi connectivity index (χ3v) is 5.33. The molecule has 0 heterocycles. The van der Waals surface area contributed by atoms with Crippen LogP contribution in [0.25, 0.3) is 0 Å². The van der Waals surface area contributed by atoms with Gasteiger partial charge in [-0.3, -0.25) is 4.79 Å². The topological polar surface area (TPSA) is 29.1 Å². The Labute approximate surface area is 128 Å². The van der Waals surface area contributed by atoms with E-state index in [1.807, 2.05) is 24.3 Å². The summed E-state index contributed by atoms with van der Waals surface area (Å²) in [5.41, 5.74) is 1.27. The predicted octanol–water partition coefficient (Wildman–Crippen LogP) is 3.95. The smallest absolute Gasteiger partial charge is 0.224 e. The summed E-state index contributed by atoms with van der Waals surface area (Å²) in [6.07, 6.45) is 5.39. The highest BCUT2D eigenvalue weighted by molar-refractivity contribution is 9.09. The molecule has 2 nitrogen and oxygen atoms in total. The Balaban J connectivity index is 1.82. The van der Waals surface area contributed by atoms with E-state index in [0.29, 0.717) is 11.4 Å². The number of hydrogen-bond donors (Lipinski definition) is 1. The van der Waals surface area contributed by atoms with Gasteiger partial charge in [0, 0.05) is 16.9 Å². The molecule has 1 N–H and O–H groups in total. The summed E-state index contributed by atoms with van der Waals surface area (Å²) in [5, 5.41) is 4.75. The van der Waals surface area contributed by atoms with Gasteiger partial charge in [-0.15, -0.1) is 0 Å². The predicted molar refractivity (Wildman–Crippen MR) is 82.9 cm³/mol. The van der Waals surface area contributed by atoms with Gasteiger partial charge in [0.25, 0.3) is 0 Å². The van der Waals surface area contributed by atoms with Crippen molar-refractivity contribution in [3.05, 3.63) is 34.9 Å². The van der Waals surface area contributed by atoms with E-state index in [1.54, 1.807) is 0 Å². The van der Waals surface area contributed by atoms with Crippen molar-refractivity contribution in [3.63, 3.8) is 0 Å². The number of carbonyl (C=O) groups is 1. The molecule has 1 aromatic rings. The van der Waals surface area contributed by atoms with Crippen LogP contribution < -0.4 is 5.32 Å². The average Bonchev–Trinajstić information content (AvgIpc) is 2.89. The minimum Gasteiger partial charge on any atom is -0.355 e. The Morgan fingerprint density at radius 1 is 1.26 bits per heavy atom. The normalized spacial score (nSPS) is 17.4. The van der Waals surface area contributed by atoms with Crippen LogP contribution in [0, 0.1) is 5.41 Å². The van der Waals surface area contributed by atoms with Crippen LogP contribution in [-0.2, 0) is 11.2 Å². The first-order valence-corrected chi connectivity index (χ1v) is 8.21. The zero-order valence-electron chi connectivity index (χ0n) is 10.9. The van der Waals surface area contributed by atoms with Crippen LogP contribution in [0.4, 0.5) is 0 Å². The molecule has 104 valence electrons. The Kier molecular flexibility index (Phi) is 5.28. The summed E-state index contributed by atoms with van der Waals surface area (Å²) in [7, 11) is 0. The molecule has 0 aromatic heterocycles. The molecule has 19 heavy (non-hydrogen) atoms. The molecule has 1 amide bonds. The largest absolute Gasteiger partial charge is 0.355 e. The number of rotatable bonds is 5. The van der Waals surface area contributed by atoms with Gasteiger partial charge in [-0.1, -0.05) is 52.5 Å². The summed E-state index contributed by atoms with van der Waals surface area (Å²) in [6, 6.07) is 7.44. The summed E-state index contributed by atoms with van der Waals surface area (Å²) >= 11 is 9.42. The molecular weight excluding hydrogens is 326 g/mol. The molecular formula is C15H19BrClNO. The lowest BCUT2D eigenvalue weighted by Gasteiger charge is -2.26. The first-order valence-electron chi connectivity index (χ1n) is 6.71. The van der Waals surface area contributed by atoms with Gasteiger partial charge in [0.05, 0.1) is 6.42 Å². The van der Waals surface area contributed by atoms with Gasteiger partial charge < -0.3 is 5.32 Å². The Bertz CT molecular complexity index is 426. The molecule has 0 bridgehead atoms. The highest BCUT2D eigenvalue weighted by atomic mass is 79.9. The Morgan fingerprint density at radius 2 is 1.89 bits per heavy atom. The summed E-state index contributed by atoms with van der Waals surface area (Å²) < 4.78 is 0. The molecule has 0 spiro atoms. The van der Waals surface area contributed by atoms with Crippen molar-refractivity contribution >= 4 is 33.4 Å². The van der Waals surface area contributed by atoms with E-state index < -0.39 is 0 Å². The van der Waals surface area contributed by atoms with Gasteiger partial charge in [-0.25, -0.2) is 0 Å². The minimum atomic E-state index is 0.0922. The first-order chi connectivity index (χ1) is 9.13. The molecule has 1 aromatic carbocycles. The van der Waals surface area contributed by atoms with E-state index in [0.717, 1.165) is 17.4 Å². The maximum Gasteiger partial charge on any atom is 0.224 e. The SMILES string of the molecule is O=C(Cc1ccc(Cl)cc1)NCC1(CBr)CCCC1. The monoisotopic (exact) mass is 343 g/mol. The lowest BCUT2D eigenvalue weighted by molar-refractivity contribution is -0.120. The quantitative estimate of drug-likeness (QED) is 0.805. The van der Waals surface area contributed by atoms with Crippen LogP contribution in [0.15, 0.2) is 24.3 Å². The van der Waals surface area contributed by atoms with Crippen molar-refractivity contribution in [2.75, 3.05) is 11.9 Å². The van der Waals surface area contributed by atoms with Crippen molar-refractivity contribution in [2.24, 2.45) is 5.41 Å². The van der Waals surface area contributed by atoms with Crippen LogP contribution >= 0.6 is 27.5 Å². The molecule has 0 aliphatic heterocycles. The summed E-state index contributed by atoms with van der Waals surface area (Å²) in [6.45, 7) is 0.782. The molecule has 0 unspecified atom stereocenters. The van der Waals surface area contributed by atoms with Gasteiger partial charge >= 0.3 is 0 Å². The van der Waals surface area contributed by atoms with Crippen molar-refractivity contribution in [2.45, 2.75) is 32.1 Å². The third kappa shape index (κ3) is 4.22. The van der Waals surface area contributed by atoms with Gasteiger partial charge in [0.15, 0.2) is 0 Å². The Morgan fingerprint density at radius 3 is 2.47 bits per heavy atom. The van der Waals surface area contributed by atoms with Crippen LogP contribution in [0.1, 0.15) is 31.2 Å². The van der Waals surface area contributed by atoms with E-state index in [9.17, 15) is 4.79 Å². The van der Waals surface area contributed by atoms with Crippen LogP contribution in [-0.4, -0.2) is 17.8 Å². The zero-order valence-corrected chi connectivity index (χ0v) is 13.3. The maximum absolute atomic E-state index is 12.0. The number of nitrogens with one attached hydrogen (secondary N) is 1. The van der Waals surface area contributed by atoms with E-state index in [2.05, 4.69) is 21.2 Å². The zero-order chi connectivity index (χ0) is 13.7. The second kappa shape index (κ2) is 6.76. The van der Waals surface area contributed by atoms with Crippen molar-refractivity contribution in [1.82, 2.24) is 5.32 Å². The highest BCUT2D eigenvalue weighted by Gasteiger charge is 2.32. The molecule has 1 aliphatic carbocycles. The fraction of sp³-hybridized carbons (Fsp3) is 0.533. The van der Waals surface area contributed by atoms with Crippen molar-refractivity contribution < 1.29 is 4.79 Å². The van der Waals surface area contributed by atoms with E-state index in [-0.39, 0.29) is 11.3 Å². The molecule has 0 radical (unpaired) electrons. The molecule has 4 heteroatoms. The number of amides is 1. The number of carbonyl (C=O) groups excluding carboxylic acids is 1. The molecule has 1 aliphatic rings. The molecule has 1 saturated carbocycles. The molecule has 0 atom stereocenters. The first kappa shape index (κ1) is 14.9. The van der Waals surface area contributed by atoms with Crippen LogP contribution in [0.2, 0.25) is 5.02 Å². The highest BCUT2D eigenvalue weighted by Crippen LogP contribution is 2.38. The minimum absolute atomic E-state index is 0.0922. The number of benzene rings is 1. The second-order valence-electron chi connectivity index (χ2n) is 5.42. The fourth-order valence-electron chi connectivity index (χ4n) is 2.62. The van der Waals surface area contributed by atoms with Crippen molar-refractivity contribution in [1.29, 1.82) is 0 Å². The van der Waals surface area contributed by atoms with Crippen molar-refractivity contribution in [3.8, 4) is 0 Å². The number of halogens is 2. The molecule has 1 fully saturated rings. The lowest BCUT2D eigenvalue weighted by atomic mass is 9.89. The molecule has 0 saturated heterocycles. The summed E-state index contributed by atoms with van der Waals surface area (Å²) in [5.74, 6) is 0.0922. The number of hydrogen-bond acceptors (Lipinski definition) is 1. The van der Waals surface area contributed by atoms with Crippen LogP contribution in [0.5, 0.6) is 0 Å². The van der Waals surface area contributed by atoms with E-state index >= 15 is 0 Å². The van der Waals surface area contributed by atoms with E-state index in [1.165, 1.54) is 25.7 Å². The fourth-order valence-corrected chi connectivity index (χ4v) is 3.50. The standard InChI is InChI=1S/C15H19BrClNO/c16-10-15(7-1-2-8-15)11-18-14(19)9-12-3-5-13(17)6-4-12/h3-6H,1-2,7-11H2,(H,18,19). The lowest BCUT2D eigenvalue weighted by Crippen LogP contribution is -2.37. The Hall–Kier alpha value is -0.540. The van der Waals surface area contributed by atoms with Gasteiger partial charge in [0.2, 0.25) is 5.91 Å².